The van der Waals surface area contributed by atoms with E-state index < -0.39 is 0 Å². The van der Waals surface area contributed by atoms with E-state index in [1.54, 1.807) is 11.3 Å². The van der Waals surface area contributed by atoms with Gasteiger partial charge in [0.25, 0.3) is 0 Å². The molecule has 0 radical (unpaired) electrons. The number of hydrogen-bond acceptors (Lipinski definition) is 4. The summed E-state index contributed by atoms with van der Waals surface area (Å²) in [6.07, 6.45) is 5.54. The minimum absolute atomic E-state index is 0.308. The van der Waals surface area contributed by atoms with Gasteiger partial charge in [-0.05, 0) is 32.1 Å². The SMILES string of the molecule is CCc1csc(N2CCCC2CCCO)n1. The van der Waals surface area contributed by atoms with Crippen molar-refractivity contribution in [1.29, 1.82) is 0 Å². The Labute approximate surface area is 101 Å². The van der Waals surface area contributed by atoms with E-state index in [4.69, 9.17) is 5.11 Å². The molecule has 3 nitrogen and oxygen atoms in total. The smallest absolute Gasteiger partial charge is 0.185 e. The summed E-state index contributed by atoms with van der Waals surface area (Å²) in [7, 11) is 0. The van der Waals surface area contributed by atoms with Crippen LogP contribution < -0.4 is 4.90 Å². The fourth-order valence-corrected chi connectivity index (χ4v) is 3.31. The summed E-state index contributed by atoms with van der Waals surface area (Å²) < 4.78 is 0. The van der Waals surface area contributed by atoms with Crippen molar-refractivity contribution in [2.75, 3.05) is 18.1 Å². The van der Waals surface area contributed by atoms with Gasteiger partial charge >= 0.3 is 0 Å². The first kappa shape index (κ1) is 11.9. The maximum Gasteiger partial charge on any atom is 0.185 e. The molecule has 0 bridgehead atoms. The van der Waals surface area contributed by atoms with E-state index in [-0.39, 0.29) is 0 Å². The second kappa shape index (κ2) is 5.64. The van der Waals surface area contributed by atoms with Crippen molar-refractivity contribution in [3.63, 3.8) is 0 Å². The quantitative estimate of drug-likeness (QED) is 0.859. The number of aromatic nitrogens is 1. The van der Waals surface area contributed by atoms with Crippen LogP contribution in [-0.4, -0.2) is 29.3 Å². The van der Waals surface area contributed by atoms with Crippen LogP contribution in [0.3, 0.4) is 0 Å². The molecule has 0 amide bonds. The fraction of sp³-hybridized carbons (Fsp3) is 0.750. The van der Waals surface area contributed by atoms with Gasteiger partial charge in [0.05, 0.1) is 5.69 Å². The molecule has 2 heterocycles. The molecule has 1 aromatic rings. The number of thiazole rings is 1. The fourth-order valence-electron chi connectivity index (χ4n) is 2.31. The molecule has 16 heavy (non-hydrogen) atoms. The first-order chi connectivity index (χ1) is 7.85. The highest BCUT2D eigenvalue weighted by atomic mass is 32.1. The highest BCUT2D eigenvalue weighted by Gasteiger charge is 2.26. The van der Waals surface area contributed by atoms with Gasteiger partial charge in [-0.3, -0.25) is 0 Å². The summed E-state index contributed by atoms with van der Waals surface area (Å²) in [6.45, 7) is 3.58. The number of anilines is 1. The number of hydrogen-bond donors (Lipinski definition) is 1. The first-order valence-electron chi connectivity index (χ1n) is 6.17. The molecule has 1 saturated heterocycles. The normalized spacial score (nSPS) is 20.6. The molecular weight excluding hydrogens is 220 g/mol. The number of nitrogens with zero attached hydrogens (tertiary/aromatic N) is 2. The molecule has 0 aromatic carbocycles. The maximum atomic E-state index is 8.89. The average Bonchev–Trinajstić information content (AvgIpc) is 2.94. The Balaban J connectivity index is 2.01. The number of aryl methyl sites for hydroxylation is 1. The van der Waals surface area contributed by atoms with Gasteiger partial charge in [-0.2, -0.15) is 0 Å². The summed E-state index contributed by atoms with van der Waals surface area (Å²) in [6, 6.07) is 0.600. The van der Waals surface area contributed by atoms with Gasteiger partial charge in [-0.25, -0.2) is 4.98 Å². The molecule has 90 valence electrons. The molecule has 0 aliphatic carbocycles. The van der Waals surface area contributed by atoms with Gasteiger partial charge < -0.3 is 10.0 Å². The van der Waals surface area contributed by atoms with Gasteiger partial charge in [0.2, 0.25) is 0 Å². The third kappa shape index (κ3) is 2.55. The molecular formula is C12H20N2OS. The molecule has 1 atom stereocenters. The van der Waals surface area contributed by atoms with Crippen molar-refractivity contribution in [2.45, 2.75) is 45.1 Å². The predicted molar refractivity (Wildman–Crippen MR) is 68.2 cm³/mol. The summed E-state index contributed by atoms with van der Waals surface area (Å²) in [5.74, 6) is 0. The number of aliphatic hydroxyl groups excluding tert-OH is 1. The van der Waals surface area contributed by atoms with E-state index in [1.165, 1.54) is 23.7 Å². The highest BCUT2D eigenvalue weighted by Crippen LogP contribution is 2.30. The summed E-state index contributed by atoms with van der Waals surface area (Å²) in [5, 5.41) is 12.2. The third-order valence-electron chi connectivity index (χ3n) is 3.22. The van der Waals surface area contributed by atoms with Gasteiger partial charge in [0.1, 0.15) is 0 Å². The first-order valence-corrected chi connectivity index (χ1v) is 7.05. The monoisotopic (exact) mass is 240 g/mol. The van der Waals surface area contributed by atoms with E-state index in [2.05, 4.69) is 22.2 Å². The Morgan fingerprint density at radius 1 is 1.62 bits per heavy atom. The summed E-state index contributed by atoms with van der Waals surface area (Å²) in [5.41, 5.74) is 1.20. The van der Waals surface area contributed by atoms with E-state index in [9.17, 15) is 0 Å². The molecule has 0 spiro atoms. The van der Waals surface area contributed by atoms with Crippen molar-refractivity contribution in [3.05, 3.63) is 11.1 Å². The Hall–Kier alpha value is -0.610. The lowest BCUT2D eigenvalue weighted by molar-refractivity contribution is 0.279. The second-order valence-corrected chi connectivity index (χ2v) is 5.17. The highest BCUT2D eigenvalue weighted by molar-refractivity contribution is 7.13. The summed E-state index contributed by atoms with van der Waals surface area (Å²) in [4.78, 5) is 7.08. The minimum atomic E-state index is 0.308. The van der Waals surface area contributed by atoms with Gasteiger partial charge in [-0.15, -0.1) is 11.3 Å². The second-order valence-electron chi connectivity index (χ2n) is 4.33. The Morgan fingerprint density at radius 3 is 3.19 bits per heavy atom. The third-order valence-corrected chi connectivity index (χ3v) is 4.15. The Kier molecular flexibility index (Phi) is 4.18. The van der Waals surface area contributed by atoms with Crippen molar-refractivity contribution in [3.8, 4) is 0 Å². The van der Waals surface area contributed by atoms with Crippen molar-refractivity contribution < 1.29 is 5.11 Å². The van der Waals surface area contributed by atoms with Crippen molar-refractivity contribution in [2.24, 2.45) is 0 Å². The molecule has 1 fully saturated rings. The average molecular weight is 240 g/mol. The van der Waals surface area contributed by atoms with Gasteiger partial charge in [-0.1, -0.05) is 6.92 Å². The van der Waals surface area contributed by atoms with E-state index in [0.29, 0.717) is 12.6 Å². The standard InChI is InChI=1S/C12H20N2OS/c1-2-10-9-16-12(13-10)14-7-3-5-11(14)6-4-8-15/h9,11,15H,2-8H2,1H3. The maximum absolute atomic E-state index is 8.89. The lowest BCUT2D eigenvalue weighted by atomic mass is 10.1. The Morgan fingerprint density at radius 2 is 2.50 bits per heavy atom. The van der Waals surface area contributed by atoms with Crippen LogP contribution in [0.4, 0.5) is 5.13 Å². The largest absolute Gasteiger partial charge is 0.396 e. The zero-order valence-electron chi connectivity index (χ0n) is 9.85. The minimum Gasteiger partial charge on any atom is -0.396 e. The van der Waals surface area contributed by atoms with Crippen LogP contribution in [0.15, 0.2) is 5.38 Å². The van der Waals surface area contributed by atoms with Gasteiger partial charge in [0, 0.05) is 24.6 Å². The molecule has 1 unspecified atom stereocenters. The zero-order chi connectivity index (χ0) is 11.4. The van der Waals surface area contributed by atoms with Crippen molar-refractivity contribution >= 4 is 16.5 Å². The van der Waals surface area contributed by atoms with Crippen LogP contribution in [0, 0.1) is 0 Å². The molecule has 2 rings (SSSR count). The molecule has 1 N–H and O–H groups in total. The molecule has 1 aliphatic rings. The lowest BCUT2D eigenvalue weighted by Crippen LogP contribution is -2.29. The molecule has 0 saturated carbocycles. The van der Waals surface area contributed by atoms with Crippen LogP contribution in [0.2, 0.25) is 0 Å². The van der Waals surface area contributed by atoms with Crippen LogP contribution >= 0.6 is 11.3 Å². The van der Waals surface area contributed by atoms with Gasteiger partial charge in [0.15, 0.2) is 5.13 Å². The number of rotatable bonds is 5. The van der Waals surface area contributed by atoms with E-state index >= 15 is 0 Å². The van der Waals surface area contributed by atoms with E-state index in [0.717, 1.165) is 25.8 Å². The van der Waals surface area contributed by atoms with E-state index in [1.807, 2.05) is 0 Å². The molecule has 4 heteroatoms. The van der Waals surface area contributed by atoms with Crippen molar-refractivity contribution in [1.82, 2.24) is 4.98 Å². The van der Waals surface area contributed by atoms with Crippen LogP contribution in [-0.2, 0) is 6.42 Å². The summed E-state index contributed by atoms with van der Waals surface area (Å²) >= 11 is 1.76. The molecule has 1 aromatic heterocycles. The predicted octanol–water partition coefficient (Wildman–Crippen LogP) is 2.45. The zero-order valence-corrected chi connectivity index (χ0v) is 10.7. The Bertz CT molecular complexity index is 327. The van der Waals surface area contributed by atoms with Crippen LogP contribution in [0.5, 0.6) is 0 Å². The van der Waals surface area contributed by atoms with Crippen LogP contribution in [0.25, 0.3) is 0 Å². The van der Waals surface area contributed by atoms with Crippen LogP contribution in [0.1, 0.15) is 38.3 Å². The molecule has 1 aliphatic heterocycles. The number of aliphatic hydroxyl groups is 1. The topological polar surface area (TPSA) is 36.4 Å². The lowest BCUT2D eigenvalue weighted by Gasteiger charge is -2.23.